The maximum Gasteiger partial charge on any atom is 0.332 e. The van der Waals surface area contributed by atoms with Crippen molar-refractivity contribution >= 4 is 11.7 Å². The number of rotatable bonds is 5. The van der Waals surface area contributed by atoms with E-state index in [1.807, 2.05) is 48.5 Å². The summed E-state index contributed by atoms with van der Waals surface area (Å²) in [6.45, 7) is 1.51. The van der Waals surface area contributed by atoms with Crippen molar-refractivity contribution in [2.24, 2.45) is 5.84 Å². The van der Waals surface area contributed by atoms with E-state index in [1.165, 1.54) is 19.0 Å². The summed E-state index contributed by atoms with van der Waals surface area (Å²) in [5.41, 5.74) is 2.49. The third kappa shape index (κ3) is 3.27. The molecule has 0 heterocycles. The number of methoxy groups -OCH3 is 1. The maximum absolute atomic E-state index is 11.9. The Morgan fingerprint density at radius 2 is 1.73 bits per heavy atom. The minimum absolute atomic E-state index is 0.583. The fraction of sp³-hybridized carbons (Fsp3) is 0.235. The van der Waals surface area contributed by atoms with E-state index in [9.17, 15) is 9.90 Å². The lowest BCUT2D eigenvalue weighted by Gasteiger charge is -2.30. The molecule has 0 spiro atoms. The number of hydrogen-bond donors (Lipinski definition) is 2. The Morgan fingerprint density at radius 1 is 1.14 bits per heavy atom. The summed E-state index contributed by atoms with van der Waals surface area (Å²) in [5, 5.41) is 11.1. The van der Waals surface area contributed by atoms with Gasteiger partial charge >= 0.3 is 5.97 Å². The normalized spacial score (nSPS) is 13.3. The Kier molecular flexibility index (Phi) is 5.14. The van der Waals surface area contributed by atoms with Crippen LogP contribution < -0.4 is 10.9 Å². The maximum atomic E-state index is 11.9. The minimum Gasteiger partial charge on any atom is -0.467 e. The highest BCUT2D eigenvalue weighted by molar-refractivity contribution is 5.85. The van der Waals surface area contributed by atoms with Crippen molar-refractivity contribution in [3.8, 4) is 11.1 Å². The summed E-state index contributed by atoms with van der Waals surface area (Å²) in [6, 6.07) is 16.2. The van der Waals surface area contributed by atoms with Gasteiger partial charge in [-0.3, -0.25) is 5.01 Å². The zero-order valence-corrected chi connectivity index (χ0v) is 12.6. The number of para-hydroxylation sites is 1. The van der Waals surface area contributed by atoms with E-state index in [0.29, 0.717) is 5.69 Å². The van der Waals surface area contributed by atoms with Crippen LogP contribution in [0.25, 0.3) is 11.1 Å². The monoisotopic (exact) mass is 300 g/mol. The highest BCUT2D eigenvalue weighted by Gasteiger charge is 2.31. The van der Waals surface area contributed by atoms with Gasteiger partial charge in [-0.25, -0.2) is 10.6 Å². The molecule has 5 heteroatoms. The van der Waals surface area contributed by atoms with Crippen LogP contribution in [0.1, 0.15) is 6.92 Å². The van der Waals surface area contributed by atoms with Gasteiger partial charge in [0.25, 0.3) is 0 Å². The standard InChI is InChI=1S/C17H20N2O3/c1-12(20)16(17(21)22-2)19(18)15-11-7-6-10-14(15)13-8-4-3-5-9-13/h3-12,16,20H,18H2,1-2H3/t12-,16+/m1/s1. The van der Waals surface area contributed by atoms with Crippen LogP contribution in [0.3, 0.4) is 0 Å². The predicted octanol–water partition coefficient (Wildman–Crippen LogP) is 1.96. The van der Waals surface area contributed by atoms with E-state index in [1.54, 1.807) is 6.07 Å². The summed E-state index contributed by atoms with van der Waals surface area (Å²) in [5.74, 6) is 5.54. The van der Waals surface area contributed by atoms with Crippen LogP contribution in [0.2, 0.25) is 0 Å². The number of carbonyl (C=O) groups excluding carboxylic acids is 1. The van der Waals surface area contributed by atoms with Crippen LogP contribution >= 0.6 is 0 Å². The molecule has 0 bridgehead atoms. The molecular formula is C17H20N2O3. The van der Waals surface area contributed by atoms with Gasteiger partial charge in [-0.15, -0.1) is 0 Å². The van der Waals surface area contributed by atoms with Crippen molar-refractivity contribution < 1.29 is 14.6 Å². The molecular weight excluding hydrogens is 280 g/mol. The Hall–Kier alpha value is -2.37. The van der Waals surface area contributed by atoms with Crippen molar-refractivity contribution in [3.05, 3.63) is 54.6 Å². The predicted molar refractivity (Wildman–Crippen MR) is 86.0 cm³/mol. The molecule has 0 saturated carbocycles. The summed E-state index contributed by atoms with van der Waals surface area (Å²) in [6.07, 6.45) is -0.971. The third-order valence-electron chi connectivity index (χ3n) is 3.47. The van der Waals surface area contributed by atoms with Crippen molar-refractivity contribution in [1.29, 1.82) is 0 Å². The van der Waals surface area contributed by atoms with Gasteiger partial charge in [-0.05, 0) is 18.6 Å². The highest BCUT2D eigenvalue weighted by atomic mass is 16.5. The molecule has 0 amide bonds. The van der Waals surface area contributed by atoms with E-state index >= 15 is 0 Å². The Bertz CT molecular complexity index is 629. The van der Waals surface area contributed by atoms with E-state index < -0.39 is 18.1 Å². The average Bonchev–Trinajstić information content (AvgIpc) is 2.55. The fourth-order valence-corrected chi connectivity index (χ4v) is 2.37. The average molecular weight is 300 g/mol. The summed E-state index contributed by atoms with van der Waals surface area (Å²) < 4.78 is 4.74. The summed E-state index contributed by atoms with van der Waals surface area (Å²) >= 11 is 0. The van der Waals surface area contributed by atoms with Crippen LogP contribution in [0, 0.1) is 0 Å². The van der Waals surface area contributed by atoms with E-state index in [0.717, 1.165) is 11.1 Å². The van der Waals surface area contributed by atoms with Crippen LogP contribution in [-0.2, 0) is 9.53 Å². The number of ether oxygens (including phenoxy) is 1. The van der Waals surface area contributed by atoms with Gasteiger partial charge in [0, 0.05) is 5.56 Å². The summed E-state index contributed by atoms with van der Waals surface area (Å²) in [4.78, 5) is 11.9. The zero-order valence-electron chi connectivity index (χ0n) is 12.6. The highest BCUT2D eigenvalue weighted by Crippen LogP contribution is 2.30. The smallest absolute Gasteiger partial charge is 0.332 e. The molecule has 0 aliphatic heterocycles. The van der Waals surface area contributed by atoms with Crippen molar-refractivity contribution in [2.75, 3.05) is 12.1 Å². The zero-order chi connectivity index (χ0) is 16.1. The molecule has 0 radical (unpaired) electrons. The molecule has 0 aromatic heterocycles. The SMILES string of the molecule is COC(=O)[C@H]([C@@H](C)O)N(N)c1ccccc1-c1ccccc1. The molecule has 2 atom stereocenters. The number of esters is 1. The Morgan fingerprint density at radius 3 is 2.32 bits per heavy atom. The number of aliphatic hydroxyl groups excluding tert-OH is 1. The lowest BCUT2D eigenvalue weighted by molar-refractivity contribution is -0.144. The number of hydrazine groups is 1. The van der Waals surface area contributed by atoms with E-state index in [2.05, 4.69) is 0 Å². The first-order chi connectivity index (χ1) is 10.6. The molecule has 2 aromatic carbocycles. The van der Waals surface area contributed by atoms with Gasteiger partial charge in [-0.1, -0.05) is 48.5 Å². The topological polar surface area (TPSA) is 75.8 Å². The van der Waals surface area contributed by atoms with Gasteiger partial charge in [-0.2, -0.15) is 0 Å². The second kappa shape index (κ2) is 7.06. The lowest BCUT2D eigenvalue weighted by Crippen LogP contribution is -2.52. The molecule has 0 fully saturated rings. The first-order valence-electron chi connectivity index (χ1n) is 7.00. The molecule has 2 rings (SSSR count). The van der Waals surface area contributed by atoms with Gasteiger partial charge in [0.1, 0.15) is 0 Å². The number of carbonyl (C=O) groups is 1. The largest absolute Gasteiger partial charge is 0.467 e. The Labute approximate surface area is 129 Å². The lowest BCUT2D eigenvalue weighted by atomic mass is 10.0. The number of nitrogens with zero attached hydrogens (tertiary/aromatic N) is 1. The number of nitrogens with two attached hydrogens (primary N) is 1. The number of aliphatic hydroxyl groups is 1. The molecule has 3 N–H and O–H groups in total. The molecule has 5 nitrogen and oxygen atoms in total. The molecule has 2 aromatic rings. The van der Waals surface area contributed by atoms with Crippen LogP contribution in [0.5, 0.6) is 0 Å². The number of anilines is 1. The molecule has 0 aliphatic carbocycles. The van der Waals surface area contributed by atoms with Gasteiger partial charge in [0.05, 0.1) is 18.9 Å². The van der Waals surface area contributed by atoms with E-state index in [-0.39, 0.29) is 0 Å². The second-order valence-electron chi connectivity index (χ2n) is 5.00. The fourth-order valence-electron chi connectivity index (χ4n) is 2.37. The number of benzene rings is 2. The van der Waals surface area contributed by atoms with Gasteiger partial charge in [0.15, 0.2) is 6.04 Å². The number of hydrogen-bond acceptors (Lipinski definition) is 5. The first kappa shape index (κ1) is 16.0. The first-order valence-corrected chi connectivity index (χ1v) is 7.00. The quantitative estimate of drug-likeness (QED) is 0.501. The minimum atomic E-state index is -0.977. The Balaban J connectivity index is 2.46. The summed E-state index contributed by atoms with van der Waals surface area (Å²) in [7, 11) is 1.27. The van der Waals surface area contributed by atoms with Gasteiger partial charge < -0.3 is 9.84 Å². The van der Waals surface area contributed by atoms with Crippen LogP contribution in [0.4, 0.5) is 5.69 Å². The van der Waals surface area contributed by atoms with Crippen molar-refractivity contribution in [1.82, 2.24) is 0 Å². The molecule has 116 valence electrons. The van der Waals surface area contributed by atoms with Crippen LogP contribution in [0.15, 0.2) is 54.6 Å². The molecule has 0 saturated heterocycles. The third-order valence-corrected chi connectivity index (χ3v) is 3.47. The molecule has 22 heavy (non-hydrogen) atoms. The van der Waals surface area contributed by atoms with Crippen molar-refractivity contribution in [2.45, 2.75) is 19.1 Å². The second-order valence-corrected chi connectivity index (χ2v) is 5.00. The van der Waals surface area contributed by atoms with E-state index in [4.69, 9.17) is 10.6 Å². The molecule has 0 aliphatic rings. The van der Waals surface area contributed by atoms with Gasteiger partial charge in [0.2, 0.25) is 0 Å². The molecule has 0 unspecified atom stereocenters. The van der Waals surface area contributed by atoms with Crippen molar-refractivity contribution in [3.63, 3.8) is 0 Å². The van der Waals surface area contributed by atoms with Crippen LogP contribution in [-0.4, -0.2) is 30.3 Å².